The molecule has 0 unspecified atom stereocenters. The average molecular weight is 304 g/mol. The van der Waals surface area contributed by atoms with E-state index in [2.05, 4.69) is 18.0 Å². The fourth-order valence-electron chi connectivity index (χ4n) is 3.70. The summed E-state index contributed by atoms with van der Waals surface area (Å²) in [6.07, 6.45) is 7.86. The molecule has 1 aliphatic rings. The number of benzene rings is 1. The SMILES string of the molecule is Cc1cc(-c2nc3ccc(N)c(C=N)c3c3c2CCCC3)c[nH]1. The molecular weight excluding hydrogens is 284 g/mol. The number of aromatic amines is 1. The molecule has 116 valence electrons. The number of fused-ring (bicyclic) bond motifs is 3. The van der Waals surface area contributed by atoms with Crippen molar-refractivity contribution in [2.45, 2.75) is 32.6 Å². The van der Waals surface area contributed by atoms with Gasteiger partial charge in [-0.15, -0.1) is 0 Å². The molecule has 0 aliphatic heterocycles. The maximum absolute atomic E-state index is 7.77. The number of nitrogen functional groups attached to an aromatic ring is 1. The number of pyridine rings is 1. The van der Waals surface area contributed by atoms with Crippen LogP contribution in [0.25, 0.3) is 22.2 Å². The number of aromatic nitrogens is 2. The number of aryl methyl sites for hydroxylation is 2. The highest BCUT2D eigenvalue weighted by Gasteiger charge is 2.21. The van der Waals surface area contributed by atoms with Crippen LogP contribution in [0, 0.1) is 12.3 Å². The second kappa shape index (κ2) is 5.23. The third-order valence-corrected chi connectivity index (χ3v) is 4.79. The summed E-state index contributed by atoms with van der Waals surface area (Å²) in [6, 6.07) is 5.99. The molecule has 0 fully saturated rings. The van der Waals surface area contributed by atoms with Gasteiger partial charge in [-0.25, -0.2) is 4.98 Å². The first kappa shape index (κ1) is 14.0. The van der Waals surface area contributed by atoms with Gasteiger partial charge in [0, 0.05) is 40.3 Å². The van der Waals surface area contributed by atoms with Crippen LogP contribution in [0.3, 0.4) is 0 Å². The summed E-state index contributed by atoms with van der Waals surface area (Å²) in [4.78, 5) is 8.20. The van der Waals surface area contributed by atoms with Gasteiger partial charge in [0.05, 0.1) is 11.2 Å². The van der Waals surface area contributed by atoms with Crippen LogP contribution < -0.4 is 5.73 Å². The van der Waals surface area contributed by atoms with E-state index in [1.165, 1.54) is 30.2 Å². The smallest absolute Gasteiger partial charge is 0.0759 e. The molecule has 4 heteroatoms. The van der Waals surface area contributed by atoms with Crippen molar-refractivity contribution in [3.05, 3.63) is 46.8 Å². The molecule has 23 heavy (non-hydrogen) atoms. The van der Waals surface area contributed by atoms with Crippen molar-refractivity contribution in [1.29, 1.82) is 5.41 Å². The van der Waals surface area contributed by atoms with Gasteiger partial charge >= 0.3 is 0 Å². The van der Waals surface area contributed by atoms with Crippen LogP contribution in [-0.4, -0.2) is 16.2 Å². The molecule has 1 aromatic carbocycles. The van der Waals surface area contributed by atoms with Gasteiger partial charge in [0.15, 0.2) is 0 Å². The van der Waals surface area contributed by atoms with Crippen LogP contribution in [0.4, 0.5) is 5.69 Å². The van der Waals surface area contributed by atoms with Crippen LogP contribution in [0.2, 0.25) is 0 Å². The quantitative estimate of drug-likeness (QED) is 0.494. The van der Waals surface area contributed by atoms with E-state index in [9.17, 15) is 0 Å². The molecule has 0 saturated carbocycles. The molecule has 0 bridgehead atoms. The molecule has 4 N–H and O–H groups in total. The zero-order valence-corrected chi connectivity index (χ0v) is 13.2. The van der Waals surface area contributed by atoms with Crippen LogP contribution in [0.15, 0.2) is 24.4 Å². The summed E-state index contributed by atoms with van der Waals surface area (Å²) in [7, 11) is 0. The van der Waals surface area contributed by atoms with E-state index < -0.39 is 0 Å². The van der Waals surface area contributed by atoms with Gasteiger partial charge in [0.1, 0.15) is 0 Å². The number of hydrogen-bond acceptors (Lipinski definition) is 3. The predicted molar refractivity (Wildman–Crippen MR) is 95.2 cm³/mol. The maximum atomic E-state index is 7.77. The lowest BCUT2D eigenvalue weighted by Crippen LogP contribution is -2.09. The first-order valence-corrected chi connectivity index (χ1v) is 8.09. The Morgan fingerprint density at radius 3 is 2.70 bits per heavy atom. The average Bonchev–Trinajstić information content (AvgIpc) is 3.00. The first-order chi connectivity index (χ1) is 11.2. The highest BCUT2D eigenvalue weighted by molar-refractivity contribution is 6.05. The van der Waals surface area contributed by atoms with Gasteiger partial charge in [-0.1, -0.05) is 0 Å². The Morgan fingerprint density at radius 2 is 2.00 bits per heavy atom. The monoisotopic (exact) mass is 304 g/mol. The molecule has 1 aliphatic carbocycles. The maximum Gasteiger partial charge on any atom is 0.0759 e. The van der Waals surface area contributed by atoms with Crippen molar-refractivity contribution in [2.24, 2.45) is 0 Å². The van der Waals surface area contributed by atoms with Gasteiger partial charge in [-0.3, -0.25) is 0 Å². The number of hydrogen-bond donors (Lipinski definition) is 3. The Kier molecular flexibility index (Phi) is 3.18. The van der Waals surface area contributed by atoms with Crippen LogP contribution >= 0.6 is 0 Å². The highest BCUT2D eigenvalue weighted by atomic mass is 14.7. The minimum absolute atomic E-state index is 0.660. The zero-order chi connectivity index (χ0) is 16.0. The minimum atomic E-state index is 0.660. The van der Waals surface area contributed by atoms with Gasteiger partial charge in [-0.05, 0) is 61.9 Å². The van der Waals surface area contributed by atoms with Crippen LogP contribution in [-0.2, 0) is 12.8 Å². The summed E-state index contributed by atoms with van der Waals surface area (Å²) in [5, 5.41) is 8.84. The molecule has 0 saturated heterocycles. The van der Waals surface area contributed by atoms with Crippen molar-refractivity contribution in [3.8, 4) is 11.3 Å². The van der Waals surface area contributed by atoms with E-state index in [1.54, 1.807) is 0 Å². The molecule has 0 atom stereocenters. The van der Waals surface area contributed by atoms with Gasteiger partial charge in [-0.2, -0.15) is 0 Å². The van der Waals surface area contributed by atoms with Crippen molar-refractivity contribution in [1.82, 2.24) is 9.97 Å². The van der Waals surface area contributed by atoms with Crippen molar-refractivity contribution >= 4 is 22.8 Å². The molecular formula is C19H20N4. The number of anilines is 1. The predicted octanol–water partition coefficient (Wildman–Crippen LogP) is 4.00. The molecule has 4 nitrogen and oxygen atoms in total. The Balaban J connectivity index is 2.10. The number of nitrogens with one attached hydrogen (secondary N) is 2. The summed E-state index contributed by atoms with van der Waals surface area (Å²) >= 11 is 0. The van der Waals surface area contributed by atoms with E-state index in [1.807, 2.05) is 18.3 Å². The molecule has 4 rings (SSSR count). The van der Waals surface area contributed by atoms with E-state index in [4.69, 9.17) is 16.1 Å². The Hall–Kier alpha value is -2.62. The topological polar surface area (TPSA) is 78.5 Å². The Labute approximate surface area is 135 Å². The third kappa shape index (κ3) is 2.13. The van der Waals surface area contributed by atoms with E-state index >= 15 is 0 Å². The third-order valence-electron chi connectivity index (χ3n) is 4.79. The van der Waals surface area contributed by atoms with E-state index in [-0.39, 0.29) is 0 Å². The lowest BCUT2D eigenvalue weighted by atomic mass is 9.85. The molecule has 3 aromatic rings. The minimum Gasteiger partial charge on any atom is -0.398 e. The largest absolute Gasteiger partial charge is 0.398 e. The molecule has 0 amide bonds. The van der Waals surface area contributed by atoms with Crippen LogP contribution in [0.1, 0.15) is 35.2 Å². The number of rotatable bonds is 2. The Bertz CT molecular complexity index is 921. The normalized spacial score (nSPS) is 14.0. The van der Waals surface area contributed by atoms with E-state index in [0.29, 0.717) is 5.69 Å². The second-order valence-electron chi connectivity index (χ2n) is 6.30. The summed E-state index contributed by atoms with van der Waals surface area (Å²) in [6.45, 7) is 2.06. The lowest BCUT2D eigenvalue weighted by Gasteiger charge is -2.22. The summed E-state index contributed by atoms with van der Waals surface area (Å²) in [5.74, 6) is 0. The molecule has 0 radical (unpaired) electrons. The van der Waals surface area contributed by atoms with Gasteiger partial charge in [0.2, 0.25) is 0 Å². The zero-order valence-electron chi connectivity index (χ0n) is 13.2. The first-order valence-electron chi connectivity index (χ1n) is 8.09. The highest BCUT2D eigenvalue weighted by Crippen LogP contribution is 2.37. The lowest BCUT2D eigenvalue weighted by molar-refractivity contribution is 0.689. The fourth-order valence-corrected chi connectivity index (χ4v) is 3.70. The summed E-state index contributed by atoms with van der Waals surface area (Å²) in [5.41, 5.74) is 14.5. The Morgan fingerprint density at radius 1 is 1.22 bits per heavy atom. The number of nitrogens with two attached hydrogens (primary N) is 1. The van der Waals surface area contributed by atoms with Crippen LogP contribution in [0.5, 0.6) is 0 Å². The van der Waals surface area contributed by atoms with Crippen molar-refractivity contribution in [2.75, 3.05) is 5.73 Å². The van der Waals surface area contributed by atoms with Gasteiger partial charge in [0.25, 0.3) is 0 Å². The number of nitrogens with zero attached hydrogens (tertiary/aromatic N) is 1. The van der Waals surface area contributed by atoms with Crippen molar-refractivity contribution in [3.63, 3.8) is 0 Å². The molecule has 0 spiro atoms. The molecule has 2 aromatic heterocycles. The standard InChI is InChI=1S/C19H20N4/c1-11-8-12(10-22-11)19-14-5-3-2-4-13(14)18-15(9-20)16(21)6-7-17(18)23-19/h6-10,20,22H,2-5,21H2,1H3. The summed E-state index contributed by atoms with van der Waals surface area (Å²) < 4.78 is 0. The molecule has 2 heterocycles. The second-order valence-corrected chi connectivity index (χ2v) is 6.30. The van der Waals surface area contributed by atoms with E-state index in [0.717, 1.165) is 46.3 Å². The van der Waals surface area contributed by atoms with Gasteiger partial charge < -0.3 is 16.1 Å². The van der Waals surface area contributed by atoms with Crippen molar-refractivity contribution < 1.29 is 0 Å². The number of H-pyrrole nitrogens is 1. The fraction of sp³-hybridized carbons (Fsp3) is 0.263.